The maximum absolute atomic E-state index is 5.88. The van der Waals surface area contributed by atoms with Gasteiger partial charge in [-0.1, -0.05) is 27.5 Å². The van der Waals surface area contributed by atoms with Crippen LogP contribution in [0, 0.1) is 0 Å². The van der Waals surface area contributed by atoms with Crippen molar-refractivity contribution in [3.8, 4) is 5.75 Å². The first kappa shape index (κ1) is 11.8. The van der Waals surface area contributed by atoms with Crippen LogP contribution in [0.25, 0.3) is 0 Å². The van der Waals surface area contributed by atoms with E-state index in [-0.39, 0.29) is 5.60 Å². The first-order valence-electron chi connectivity index (χ1n) is 4.28. The summed E-state index contributed by atoms with van der Waals surface area (Å²) in [5.41, 5.74) is 5.19. The molecule has 14 heavy (non-hydrogen) atoms. The second kappa shape index (κ2) is 4.51. The van der Waals surface area contributed by atoms with Crippen LogP contribution in [0.3, 0.4) is 0 Å². The number of hydrogen-bond donors (Lipinski definition) is 1. The molecule has 0 amide bonds. The molecule has 0 bridgehead atoms. The lowest BCUT2D eigenvalue weighted by atomic mass is 10.1. The molecular weight excluding hydrogens is 265 g/mol. The summed E-state index contributed by atoms with van der Waals surface area (Å²) < 4.78 is 6.57. The van der Waals surface area contributed by atoms with Crippen LogP contribution in [-0.4, -0.2) is 12.1 Å². The van der Waals surface area contributed by atoms with Crippen molar-refractivity contribution in [3.05, 3.63) is 27.7 Å². The number of rotatable bonds is 3. The Morgan fingerprint density at radius 1 is 1.43 bits per heavy atom. The van der Waals surface area contributed by atoms with Crippen molar-refractivity contribution in [2.45, 2.75) is 19.4 Å². The minimum Gasteiger partial charge on any atom is -0.486 e. The molecule has 2 N–H and O–H groups in total. The highest BCUT2D eigenvalue weighted by Gasteiger charge is 2.17. The van der Waals surface area contributed by atoms with Gasteiger partial charge >= 0.3 is 0 Å². The highest BCUT2D eigenvalue weighted by Crippen LogP contribution is 2.26. The van der Waals surface area contributed by atoms with E-state index < -0.39 is 0 Å². The van der Waals surface area contributed by atoms with Gasteiger partial charge in [0, 0.05) is 16.0 Å². The van der Waals surface area contributed by atoms with E-state index in [0.29, 0.717) is 11.6 Å². The summed E-state index contributed by atoms with van der Waals surface area (Å²) in [5, 5.41) is 0.641. The number of ether oxygens (including phenoxy) is 1. The fraction of sp³-hybridized carbons (Fsp3) is 0.400. The van der Waals surface area contributed by atoms with Gasteiger partial charge in [-0.3, -0.25) is 0 Å². The molecule has 0 unspecified atom stereocenters. The van der Waals surface area contributed by atoms with Gasteiger partial charge < -0.3 is 10.5 Å². The fourth-order valence-electron chi connectivity index (χ4n) is 0.948. The largest absolute Gasteiger partial charge is 0.486 e. The Morgan fingerprint density at radius 2 is 2.07 bits per heavy atom. The molecule has 0 radical (unpaired) electrons. The van der Waals surface area contributed by atoms with E-state index in [1.54, 1.807) is 6.07 Å². The second-order valence-electron chi connectivity index (χ2n) is 3.67. The molecule has 1 aromatic carbocycles. The molecule has 0 saturated heterocycles. The van der Waals surface area contributed by atoms with Crippen molar-refractivity contribution < 1.29 is 4.74 Å². The van der Waals surface area contributed by atoms with Gasteiger partial charge in [0.25, 0.3) is 0 Å². The molecule has 1 aromatic rings. The SMILES string of the molecule is CC(C)(CN)Oc1cc(Cl)cc(Br)c1. The average Bonchev–Trinajstić information content (AvgIpc) is 2.01. The van der Waals surface area contributed by atoms with Gasteiger partial charge in [0.15, 0.2) is 0 Å². The molecule has 0 aliphatic heterocycles. The average molecular weight is 279 g/mol. The minimum absolute atomic E-state index is 0.371. The lowest BCUT2D eigenvalue weighted by Gasteiger charge is -2.24. The minimum atomic E-state index is -0.371. The predicted molar refractivity (Wildman–Crippen MR) is 62.9 cm³/mol. The van der Waals surface area contributed by atoms with Crippen molar-refractivity contribution >= 4 is 27.5 Å². The summed E-state index contributed by atoms with van der Waals surface area (Å²) in [6.45, 7) is 4.32. The third-order valence-electron chi connectivity index (χ3n) is 1.72. The number of nitrogens with two attached hydrogens (primary N) is 1. The highest BCUT2D eigenvalue weighted by molar-refractivity contribution is 9.10. The van der Waals surface area contributed by atoms with Crippen LogP contribution < -0.4 is 10.5 Å². The second-order valence-corrected chi connectivity index (χ2v) is 5.02. The molecule has 0 aromatic heterocycles. The molecule has 1 rings (SSSR count). The summed E-state index contributed by atoms with van der Waals surface area (Å²) in [5.74, 6) is 0.722. The van der Waals surface area contributed by atoms with Crippen molar-refractivity contribution in [1.29, 1.82) is 0 Å². The first-order valence-corrected chi connectivity index (χ1v) is 5.45. The summed E-state index contributed by atoms with van der Waals surface area (Å²) in [6, 6.07) is 5.44. The highest BCUT2D eigenvalue weighted by atomic mass is 79.9. The molecule has 0 aliphatic rings. The van der Waals surface area contributed by atoms with E-state index in [0.717, 1.165) is 10.2 Å². The van der Waals surface area contributed by atoms with E-state index in [2.05, 4.69) is 15.9 Å². The molecular formula is C10H13BrClNO. The third-order valence-corrected chi connectivity index (χ3v) is 2.40. The van der Waals surface area contributed by atoms with Gasteiger partial charge in [0.2, 0.25) is 0 Å². The number of halogens is 2. The summed E-state index contributed by atoms with van der Waals surface area (Å²) in [7, 11) is 0. The number of benzene rings is 1. The zero-order valence-electron chi connectivity index (χ0n) is 8.18. The van der Waals surface area contributed by atoms with Crippen molar-refractivity contribution in [2.24, 2.45) is 5.73 Å². The quantitative estimate of drug-likeness (QED) is 0.921. The van der Waals surface area contributed by atoms with Crippen LogP contribution in [0.2, 0.25) is 5.02 Å². The maximum atomic E-state index is 5.88. The molecule has 0 aliphatic carbocycles. The normalized spacial score (nSPS) is 11.5. The van der Waals surface area contributed by atoms with Gasteiger partial charge in [0.1, 0.15) is 11.4 Å². The summed E-state index contributed by atoms with van der Waals surface area (Å²) >= 11 is 9.23. The van der Waals surface area contributed by atoms with Gasteiger partial charge in [-0.2, -0.15) is 0 Å². The molecule has 0 heterocycles. The van der Waals surface area contributed by atoms with Gasteiger partial charge in [0.05, 0.1) is 0 Å². The summed E-state index contributed by atoms with van der Waals surface area (Å²) in [6.07, 6.45) is 0. The Balaban J connectivity index is 2.87. The first-order chi connectivity index (χ1) is 6.43. The molecule has 0 saturated carbocycles. The van der Waals surface area contributed by atoms with Crippen LogP contribution in [0.15, 0.2) is 22.7 Å². The maximum Gasteiger partial charge on any atom is 0.122 e. The Morgan fingerprint density at radius 3 is 2.57 bits per heavy atom. The van der Waals surface area contributed by atoms with E-state index in [1.165, 1.54) is 0 Å². The fourth-order valence-corrected chi connectivity index (χ4v) is 1.78. The van der Waals surface area contributed by atoms with Crippen LogP contribution in [0.5, 0.6) is 5.75 Å². The zero-order valence-corrected chi connectivity index (χ0v) is 10.5. The molecule has 2 nitrogen and oxygen atoms in total. The Bertz CT molecular complexity index is 308. The summed E-state index contributed by atoms with van der Waals surface area (Å²) in [4.78, 5) is 0. The third kappa shape index (κ3) is 3.48. The zero-order chi connectivity index (χ0) is 10.8. The van der Waals surface area contributed by atoms with Gasteiger partial charge in [-0.05, 0) is 32.0 Å². The smallest absolute Gasteiger partial charge is 0.122 e. The topological polar surface area (TPSA) is 35.2 Å². The van der Waals surface area contributed by atoms with E-state index in [4.69, 9.17) is 22.1 Å². The van der Waals surface area contributed by atoms with Gasteiger partial charge in [-0.15, -0.1) is 0 Å². The Kier molecular flexibility index (Phi) is 3.81. The van der Waals surface area contributed by atoms with Crippen LogP contribution in [0.1, 0.15) is 13.8 Å². The Labute approximate surface area is 97.5 Å². The Hall–Kier alpha value is -0.250. The van der Waals surface area contributed by atoms with Crippen molar-refractivity contribution in [1.82, 2.24) is 0 Å². The van der Waals surface area contributed by atoms with Crippen LogP contribution in [0.4, 0.5) is 0 Å². The molecule has 0 spiro atoms. The molecule has 0 fully saturated rings. The van der Waals surface area contributed by atoms with Crippen LogP contribution in [-0.2, 0) is 0 Å². The molecule has 4 heteroatoms. The van der Waals surface area contributed by atoms with Crippen LogP contribution >= 0.6 is 27.5 Å². The van der Waals surface area contributed by atoms with Crippen molar-refractivity contribution in [2.75, 3.05) is 6.54 Å². The van der Waals surface area contributed by atoms with Gasteiger partial charge in [-0.25, -0.2) is 0 Å². The molecule has 0 atom stereocenters. The monoisotopic (exact) mass is 277 g/mol. The van der Waals surface area contributed by atoms with E-state index in [1.807, 2.05) is 26.0 Å². The van der Waals surface area contributed by atoms with E-state index >= 15 is 0 Å². The molecule has 78 valence electrons. The predicted octanol–water partition coefficient (Wildman–Crippen LogP) is 3.22. The lowest BCUT2D eigenvalue weighted by molar-refractivity contribution is 0.119. The standard InChI is InChI=1S/C10H13BrClNO/c1-10(2,6-13)14-9-4-7(11)3-8(12)5-9/h3-5H,6,13H2,1-2H3. The lowest BCUT2D eigenvalue weighted by Crippen LogP contribution is -2.37. The van der Waals surface area contributed by atoms with Crippen molar-refractivity contribution in [3.63, 3.8) is 0 Å². The number of hydrogen-bond acceptors (Lipinski definition) is 2. The van der Waals surface area contributed by atoms with E-state index in [9.17, 15) is 0 Å².